The van der Waals surface area contributed by atoms with Gasteiger partial charge in [0.05, 0.1) is 24.2 Å². The number of anilines is 1. The van der Waals surface area contributed by atoms with Crippen LogP contribution in [-0.4, -0.2) is 54.4 Å². The van der Waals surface area contributed by atoms with E-state index in [-0.39, 0.29) is 16.5 Å². The third-order valence-corrected chi connectivity index (χ3v) is 9.44. The van der Waals surface area contributed by atoms with Gasteiger partial charge in [-0.15, -0.1) is 0 Å². The second-order valence-electron chi connectivity index (χ2n) is 10.6. The molecule has 3 aromatic carbocycles. The van der Waals surface area contributed by atoms with Crippen molar-refractivity contribution in [2.75, 3.05) is 18.5 Å². The highest BCUT2D eigenvalue weighted by atomic mass is 32.2. The number of hydrogen-bond acceptors (Lipinski definition) is 5. The Labute approximate surface area is 254 Å². The van der Waals surface area contributed by atoms with Crippen LogP contribution in [0, 0.1) is 29.1 Å². The van der Waals surface area contributed by atoms with Gasteiger partial charge in [-0.25, -0.2) is 40.0 Å². The van der Waals surface area contributed by atoms with Crippen molar-refractivity contribution in [1.29, 1.82) is 0 Å². The molecule has 0 unspecified atom stereocenters. The van der Waals surface area contributed by atoms with Gasteiger partial charge in [-0.05, 0) is 48.1 Å². The maximum absolute atomic E-state index is 14.4. The van der Waals surface area contributed by atoms with Crippen molar-refractivity contribution >= 4 is 33.6 Å². The molecule has 240 valence electrons. The summed E-state index contributed by atoms with van der Waals surface area (Å²) in [6, 6.07) is 9.88. The molecule has 0 aliphatic heterocycles. The molecule has 9 nitrogen and oxygen atoms in total. The van der Waals surface area contributed by atoms with Crippen molar-refractivity contribution in [3.8, 4) is 0 Å². The first kappa shape index (κ1) is 33.5. The Kier molecular flexibility index (Phi) is 9.92. The molecule has 15 heteroatoms. The molecular formula is C30H27F5N2O7S. The fraction of sp³-hybridized carbons (Fsp3) is 0.300. The molecular weight excluding hydrogens is 627 g/mol. The topological polar surface area (TPSA) is 132 Å². The summed E-state index contributed by atoms with van der Waals surface area (Å²) in [6.07, 6.45) is 5.33. The van der Waals surface area contributed by atoms with Crippen LogP contribution in [-0.2, 0) is 21.4 Å². The number of aromatic carboxylic acids is 2. The van der Waals surface area contributed by atoms with Crippen LogP contribution in [0.25, 0.3) is 0 Å². The number of amides is 1. The van der Waals surface area contributed by atoms with Crippen LogP contribution in [0.3, 0.4) is 0 Å². The van der Waals surface area contributed by atoms with E-state index in [0.29, 0.717) is 18.5 Å². The summed E-state index contributed by atoms with van der Waals surface area (Å²) < 4.78 is 95.9. The van der Waals surface area contributed by atoms with Gasteiger partial charge in [0.15, 0.2) is 28.2 Å². The van der Waals surface area contributed by atoms with E-state index in [1.165, 1.54) is 0 Å². The number of carbonyl (C=O) groups excluding carboxylic acids is 1. The monoisotopic (exact) mass is 654 g/mol. The van der Waals surface area contributed by atoms with Crippen molar-refractivity contribution in [2.24, 2.45) is 0 Å². The second-order valence-corrected chi connectivity index (χ2v) is 12.6. The van der Waals surface area contributed by atoms with Gasteiger partial charge in [-0.3, -0.25) is 4.79 Å². The number of sulfonamides is 1. The zero-order chi connectivity index (χ0) is 33.2. The first-order valence-electron chi connectivity index (χ1n) is 13.6. The summed E-state index contributed by atoms with van der Waals surface area (Å²) in [5.74, 6) is -16.7. The van der Waals surface area contributed by atoms with Crippen molar-refractivity contribution in [3.63, 3.8) is 0 Å². The number of likely N-dealkylation sites (N-methyl/N-ethyl adjacent to an activating group) is 1. The van der Waals surface area contributed by atoms with E-state index >= 15 is 0 Å². The van der Waals surface area contributed by atoms with Gasteiger partial charge < -0.3 is 15.1 Å². The Morgan fingerprint density at radius 1 is 0.778 bits per heavy atom. The minimum atomic E-state index is -5.51. The molecule has 0 saturated heterocycles. The second kappa shape index (κ2) is 13.3. The van der Waals surface area contributed by atoms with Crippen molar-refractivity contribution < 1.29 is 55.0 Å². The van der Waals surface area contributed by atoms with Crippen LogP contribution >= 0.6 is 0 Å². The Balaban J connectivity index is 1.72. The summed E-state index contributed by atoms with van der Waals surface area (Å²) in [7, 11) is -4.84. The van der Waals surface area contributed by atoms with Gasteiger partial charge in [-0.2, -0.15) is 4.31 Å². The molecule has 1 aliphatic rings. The van der Waals surface area contributed by atoms with Crippen molar-refractivity contribution in [3.05, 3.63) is 93.8 Å². The smallest absolute Gasteiger partial charge is 0.335 e. The van der Waals surface area contributed by atoms with Crippen LogP contribution in [0.2, 0.25) is 0 Å². The van der Waals surface area contributed by atoms with Crippen molar-refractivity contribution in [1.82, 2.24) is 4.31 Å². The Bertz CT molecular complexity index is 1700. The van der Waals surface area contributed by atoms with Crippen LogP contribution in [0.4, 0.5) is 27.6 Å². The molecule has 0 spiro atoms. The molecule has 1 amide bonds. The summed E-state index contributed by atoms with van der Waals surface area (Å²) >= 11 is 0. The van der Waals surface area contributed by atoms with Crippen molar-refractivity contribution in [2.45, 2.75) is 49.5 Å². The van der Waals surface area contributed by atoms with Gasteiger partial charge in [0, 0.05) is 12.7 Å². The molecule has 0 aromatic heterocycles. The highest BCUT2D eigenvalue weighted by Crippen LogP contribution is 2.33. The highest BCUT2D eigenvalue weighted by molar-refractivity contribution is 7.89. The number of carboxylic acids is 2. The zero-order valence-electron chi connectivity index (χ0n) is 23.7. The lowest BCUT2D eigenvalue weighted by molar-refractivity contribution is -0.118. The average Bonchev–Trinajstić information content (AvgIpc) is 3.02. The van der Waals surface area contributed by atoms with Crippen LogP contribution in [0.15, 0.2) is 47.4 Å². The van der Waals surface area contributed by atoms with Gasteiger partial charge >= 0.3 is 11.9 Å². The molecule has 1 aliphatic carbocycles. The molecule has 1 saturated carbocycles. The lowest BCUT2D eigenvalue weighted by Crippen LogP contribution is -2.41. The van der Waals surface area contributed by atoms with E-state index in [1.54, 1.807) is 12.1 Å². The number of benzene rings is 3. The third-order valence-electron chi connectivity index (χ3n) is 7.62. The maximum Gasteiger partial charge on any atom is 0.335 e. The predicted molar refractivity (Wildman–Crippen MR) is 150 cm³/mol. The Morgan fingerprint density at radius 2 is 1.27 bits per heavy atom. The molecule has 0 radical (unpaired) electrons. The average molecular weight is 655 g/mol. The number of carboxylic acid groups (broad SMARTS) is 2. The summed E-state index contributed by atoms with van der Waals surface area (Å²) in [5, 5.41) is 19.1. The van der Waals surface area contributed by atoms with Crippen LogP contribution in [0.1, 0.15) is 69.9 Å². The summed E-state index contributed by atoms with van der Waals surface area (Å²) in [5.41, 5.74) is 0.239. The number of hydrogen-bond donors (Lipinski definition) is 2. The Morgan fingerprint density at radius 3 is 1.76 bits per heavy atom. The maximum atomic E-state index is 14.4. The SMILES string of the molecule is CN(CC(=O)N(Cc1ccc(C2CCCCC2)cc1)c1cc(C(=O)O)cc(C(=O)O)c1)S(=O)(=O)c1c(F)c(F)c(F)c(F)c1F. The van der Waals surface area contributed by atoms with Crippen LogP contribution in [0.5, 0.6) is 0 Å². The molecule has 1 fully saturated rings. The number of halogens is 5. The number of carbonyl (C=O) groups is 3. The molecule has 0 atom stereocenters. The first-order valence-corrected chi connectivity index (χ1v) is 15.1. The fourth-order valence-corrected chi connectivity index (χ4v) is 6.40. The van der Waals surface area contributed by atoms with Gasteiger partial charge in [-0.1, -0.05) is 43.5 Å². The summed E-state index contributed by atoms with van der Waals surface area (Å²) in [4.78, 5) is 35.8. The van der Waals surface area contributed by atoms with E-state index in [4.69, 9.17) is 0 Å². The molecule has 2 N–H and O–H groups in total. The largest absolute Gasteiger partial charge is 0.478 e. The van der Waals surface area contributed by atoms with E-state index in [0.717, 1.165) is 60.8 Å². The standard InChI is InChI=1S/C30H27F5N2O7S/c1-36(45(43,44)28-26(34)24(32)23(31)25(33)27(28)35)15-22(38)37(21-12-19(29(39)40)11-20(13-21)30(41)42)14-16-7-9-18(10-8-16)17-5-3-2-4-6-17/h7-13,17H,2-6,14-15H2,1H3,(H,39,40)(H,41,42). The van der Waals surface area contributed by atoms with Gasteiger partial charge in [0.25, 0.3) is 0 Å². The lowest BCUT2D eigenvalue weighted by Gasteiger charge is -2.27. The Hall–Kier alpha value is -4.37. The molecule has 0 heterocycles. The minimum Gasteiger partial charge on any atom is -0.478 e. The van der Waals surface area contributed by atoms with Gasteiger partial charge in [0.1, 0.15) is 0 Å². The molecule has 45 heavy (non-hydrogen) atoms. The summed E-state index contributed by atoms with van der Waals surface area (Å²) in [6.45, 7) is -1.55. The van der Waals surface area contributed by atoms with Crippen LogP contribution < -0.4 is 4.90 Å². The number of rotatable bonds is 10. The van der Waals surface area contributed by atoms with Gasteiger partial charge in [0.2, 0.25) is 21.7 Å². The molecule has 3 aromatic rings. The molecule has 4 rings (SSSR count). The third kappa shape index (κ3) is 6.99. The minimum absolute atomic E-state index is 0.0614. The fourth-order valence-electron chi connectivity index (χ4n) is 5.18. The molecule has 0 bridgehead atoms. The highest BCUT2D eigenvalue weighted by Gasteiger charge is 2.37. The van der Waals surface area contributed by atoms with E-state index < -0.39 is 79.5 Å². The first-order chi connectivity index (χ1) is 21.1. The van der Waals surface area contributed by atoms with E-state index in [1.807, 2.05) is 12.1 Å². The lowest BCUT2D eigenvalue weighted by atomic mass is 9.84. The zero-order valence-corrected chi connectivity index (χ0v) is 24.5. The normalized spacial score (nSPS) is 14.0. The van der Waals surface area contributed by atoms with E-state index in [9.17, 15) is 55.0 Å². The quantitative estimate of drug-likeness (QED) is 0.163. The predicted octanol–water partition coefficient (Wildman–Crippen LogP) is 5.68. The number of nitrogens with zero attached hydrogens (tertiary/aromatic N) is 2. The van der Waals surface area contributed by atoms with E-state index in [2.05, 4.69) is 0 Å².